The molecule has 7 heteroatoms. The molecule has 1 aromatic rings. The van der Waals surface area contributed by atoms with Gasteiger partial charge in [-0.3, -0.25) is 14.4 Å². The van der Waals surface area contributed by atoms with E-state index < -0.39 is 5.41 Å². The van der Waals surface area contributed by atoms with Gasteiger partial charge in [0, 0.05) is 57.0 Å². The third-order valence-electron chi connectivity index (χ3n) is 4.94. The molecule has 1 aromatic carbocycles. The van der Waals surface area contributed by atoms with Crippen LogP contribution in [0.15, 0.2) is 24.3 Å². The molecule has 2 aliphatic rings. The van der Waals surface area contributed by atoms with E-state index in [1.807, 2.05) is 0 Å². The Balaban J connectivity index is 1.86. The Kier molecular flexibility index (Phi) is 4.65. The Hall–Kier alpha value is -2.57. The fourth-order valence-corrected chi connectivity index (χ4v) is 3.62. The molecule has 134 valence electrons. The van der Waals surface area contributed by atoms with Crippen molar-refractivity contribution in [3.63, 3.8) is 0 Å². The summed E-state index contributed by atoms with van der Waals surface area (Å²) in [6.07, 6.45) is 0.332. The van der Waals surface area contributed by atoms with Crippen LogP contribution in [0.1, 0.15) is 23.7 Å². The molecule has 0 saturated carbocycles. The highest BCUT2D eigenvalue weighted by atomic mass is 16.5. The summed E-state index contributed by atoms with van der Waals surface area (Å²) in [6, 6.07) is 7.03. The Labute approximate surface area is 146 Å². The smallest absolute Gasteiger partial charge is 0.254 e. The number of carbonyl (C=O) groups excluding carboxylic acids is 3. The van der Waals surface area contributed by atoms with Gasteiger partial charge >= 0.3 is 0 Å². The van der Waals surface area contributed by atoms with Crippen molar-refractivity contribution in [3.05, 3.63) is 29.8 Å². The van der Waals surface area contributed by atoms with Gasteiger partial charge in [0.15, 0.2) is 0 Å². The molecular formula is C18H23N3O4. The monoisotopic (exact) mass is 345 g/mol. The predicted octanol–water partition coefficient (Wildman–Crippen LogP) is 0.506. The topological polar surface area (TPSA) is 79.0 Å². The largest absolute Gasteiger partial charge is 0.497 e. The molecule has 3 amide bonds. The average molecular weight is 345 g/mol. The van der Waals surface area contributed by atoms with E-state index in [4.69, 9.17) is 4.74 Å². The minimum absolute atomic E-state index is 0.0285. The Bertz CT molecular complexity index is 705. The summed E-state index contributed by atoms with van der Waals surface area (Å²) in [4.78, 5) is 40.2. The highest BCUT2D eigenvalue weighted by Crippen LogP contribution is 2.31. The molecule has 25 heavy (non-hydrogen) atoms. The first-order chi connectivity index (χ1) is 11.9. The Morgan fingerprint density at radius 2 is 1.92 bits per heavy atom. The molecule has 3 rings (SSSR count). The zero-order valence-corrected chi connectivity index (χ0v) is 14.6. The van der Waals surface area contributed by atoms with Crippen molar-refractivity contribution in [2.24, 2.45) is 5.41 Å². The zero-order valence-electron chi connectivity index (χ0n) is 14.6. The van der Waals surface area contributed by atoms with Crippen LogP contribution in [0, 0.1) is 5.41 Å². The number of benzene rings is 1. The van der Waals surface area contributed by atoms with Crippen molar-refractivity contribution in [1.29, 1.82) is 0 Å². The maximum absolute atomic E-state index is 13.0. The van der Waals surface area contributed by atoms with Crippen molar-refractivity contribution in [1.82, 2.24) is 15.1 Å². The minimum atomic E-state index is -0.423. The summed E-state index contributed by atoms with van der Waals surface area (Å²) in [5.41, 5.74) is 0.122. The average Bonchev–Trinajstić information content (AvgIpc) is 2.85. The summed E-state index contributed by atoms with van der Waals surface area (Å²) < 4.78 is 5.19. The van der Waals surface area contributed by atoms with Gasteiger partial charge in [0.05, 0.1) is 7.11 Å². The maximum atomic E-state index is 13.0. The fraction of sp³-hybridized carbons (Fsp3) is 0.500. The van der Waals surface area contributed by atoms with Crippen LogP contribution < -0.4 is 10.1 Å². The lowest BCUT2D eigenvalue weighted by Crippen LogP contribution is -2.44. The second kappa shape index (κ2) is 6.74. The fourth-order valence-electron chi connectivity index (χ4n) is 3.62. The molecule has 0 aliphatic carbocycles. The number of carbonyl (C=O) groups is 3. The second-order valence-corrected chi connectivity index (χ2v) is 6.85. The van der Waals surface area contributed by atoms with Gasteiger partial charge < -0.3 is 19.9 Å². The number of rotatable bonds is 2. The number of hydrogen-bond acceptors (Lipinski definition) is 4. The van der Waals surface area contributed by atoms with Crippen molar-refractivity contribution in [3.8, 4) is 5.75 Å². The third-order valence-corrected chi connectivity index (χ3v) is 4.94. The van der Waals surface area contributed by atoms with Crippen LogP contribution in [0.5, 0.6) is 5.75 Å². The van der Waals surface area contributed by atoms with E-state index in [0.29, 0.717) is 50.5 Å². The third kappa shape index (κ3) is 3.60. The molecule has 0 aromatic heterocycles. The summed E-state index contributed by atoms with van der Waals surface area (Å²) >= 11 is 0. The first-order valence-corrected chi connectivity index (χ1v) is 8.38. The maximum Gasteiger partial charge on any atom is 0.254 e. The van der Waals surface area contributed by atoms with E-state index in [9.17, 15) is 14.4 Å². The SMILES string of the molecule is COc1cccc(C(=O)N2CCN(C(C)=O)C[C@@]3(CNC(=O)C3)C2)c1. The van der Waals surface area contributed by atoms with Gasteiger partial charge in [0.2, 0.25) is 11.8 Å². The highest BCUT2D eigenvalue weighted by Gasteiger charge is 2.44. The quantitative estimate of drug-likeness (QED) is 0.847. The zero-order chi connectivity index (χ0) is 18.0. The summed E-state index contributed by atoms with van der Waals surface area (Å²) in [5, 5.41) is 2.85. The lowest BCUT2D eigenvalue weighted by molar-refractivity contribution is -0.130. The summed E-state index contributed by atoms with van der Waals surface area (Å²) in [7, 11) is 1.56. The molecule has 0 unspecified atom stereocenters. The van der Waals surface area contributed by atoms with Crippen LogP contribution in [-0.2, 0) is 9.59 Å². The van der Waals surface area contributed by atoms with Gasteiger partial charge in [-0.15, -0.1) is 0 Å². The van der Waals surface area contributed by atoms with Crippen LogP contribution in [0.25, 0.3) is 0 Å². The lowest BCUT2D eigenvalue weighted by Gasteiger charge is -2.32. The Morgan fingerprint density at radius 1 is 1.20 bits per heavy atom. The first kappa shape index (κ1) is 17.3. The number of nitrogens with one attached hydrogen (secondary N) is 1. The van der Waals surface area contributed by atoms with Gasteiger partial charge in [-0.05, 0) is 18.2 Å². The normalized spacial score (nSPS) is 23.4. The molecule has 1 spiro atoms. The molecule has 2 aliphatic heterocycles. The van der Waals surface area contributed by atoms with Gasteiger partial charge in [-0.1, -0.05) is 6.07 Å². The van der Waals surface area contributed by atoms with Crippen LogP contribution in [-0.4, -0.2) is 67.4 Å². The molecule has 2 fully saturated rings. The van der Waals surface area contributed by atoms with Crippen LogP contribution in [0.4, 0.5) is 0 Å². The van der Waals surface area contributed by atoms with Gasteiger partial charge in [0.25, 0.3) is 5.91 Å². The minimum Gasteiger partial charge on any atom is -0.497 e. The molecule has 2 heterocycles. The van der Waals surface area contributed by atoms with Crippen LogP contribution in [0.2, 0.25) is 0 Å². The van der Waals surface area contributed by atoms with Crippen molar-refractivity contribution >= 4 is 17.7 Å². The van der Waals surface area contributed by atoms with Crippen molar-refractivity contribution in [2.45, 2.75) is 13.3 Å². The Morgan fingerprint density at radius 3 is 2.56 bits per heavy atom. The van der Waals surface area contributed by atoms with E-state index in [0.717, 1.165) is 0 Å². The number of ether oxygens (including phenoxy) is 1. The van der Waals surface area contributed by atoms with E-state index in [-0.39, 0.29) is 17.7 Å². The summed E-state index contributed by atoms with van der Waals surface area (Å²) in [6.45, 7) is 3.87. The number of hydrogen-bond donors (Lipinski definition) is 1. The van der Waals surface area contributed by atoms with Gasteiger partial charge in [-0.25, -0.2) is 0 Å². The molecule has 1 N–H and O–H groups in total. The van der Waals surface area contributed by atoms with E-state index in [2.05, 4.69) is 5.32 Å². The lowest BCUT2D eigenvalue weighted by atomic mass is 9.86. The standard InChI is InChI=1S/C18H23N3O4/c1-13(22)20-6-7-21(12-18(11-20)9-16(23)19-10-18)17(24)14-4-3-5-15(8-14)25-2/h3-5,8H,6-7,9-12H2,1-2H3,(H,19,23)/t18-/m1/s1. The van der Waals surface area contributed by atoms with Crippen molar-refractivity contribution in [2.75, 3.05) is 39.8 Å². The molecule has 0 bridgehead atoms. The highest BCUT2D eigenvalue weighted by molar-refractivity contribution is 5.95. The molecule has 2 saturated heterocycles. The van der Waals surface area contributed by atoms with E-state index in [1.165, 1.54) is 6.92 Å². The first-order valence-electron chi connectivity index (χ1n) is 8.38. The second-order valence-electron chi connectivity index (χ2n) is 6.85. The van der Waals surface area contributed by atoms with Crippen LogP contribution in [0.3, 0.4) is 0 Å². The van der Waals surface area contributed by atoms with Crippen molar-refractivity contribution < 1.29 is 19.1 Å². The number of nitrogens with zero attached hydrogens (tertiary/aromatic N) is 2. The van der Waals surface area contributed by atoms with E-state index >= 15 is 0 Å². The van der Waals surface area contributed by atoms with Crippen LogP contribution >= 0.6 is 0 Å². The molecule has 0 radical (unpaired) electrons. The molecular weight excluding hydrogens is 322 g/mol. The number of methoxy groups -OCH3 is 1. The molecule has 1 atom stereocenters. The number of amides is 3. The van der Waals surface area contributed by atoms with Gasteiger partial charge in [-0.2, -0.15) is 0 Å². The van der Waals surface area contributed by atoms with E-state index in [1.54, 1.807) is 41.2 Å². The summed E-state index contributed by atoms with van der Waals surface area (Å²) in [5.74, 6) is 0.454. The predicted molar refractivity (Wildman–Crippen MR) is 91.2 cm³/mol. The molecule has 7 nitrogen and oxygen atoms in total. The van der Waals surface area contributed by atoms with Gasteiger partial charge in [0.1, 0.15) is 5.75 Å².